The van der Waals surface area contributed by atoms with Crippen molar-refractivity contribution in [1.82, 2.24) is 10.4 Å². The van der Waals surface area contributed by atoms with Crippen LogP contribution in [-0.2, 0) is 0 Å². The Hall–Kier alpha value is -1.71. The van der Waals surface area contributed by atoms with Crippen molar-refractivity contribution in [2.45, 2.75) is 45.4 Å². The Bertz CT molecular complexity index is 363. The molecule has 1 amide bonds. The van der Waals surface area contributed by atoms with Gasteiger partial charge in [0.15, 0.2) is 0 Å². The number of unbranched alkanes of at least 4 members (excludes halogenated alkanes) is 5. The van der Waals surface area contributed by atoms with Crippen molar-refractivity contribution in [3.63, 3.8) is 0 Å². The molecule has 0 radical (unpaired) electrons. The molecular formula is C14H21N3O. The molecule has 0 unspecified atom stereocenters. The SMILES string of the molecule is CCCCCCCC=NNC(=O)c1ccncc1. The van der Waals surface area contributed by atoms with Gasteiger partial charge in [-0.2, -0.15) is 5.10 Å². The van der Waals surface area contributed by atoms with E-state index >= 15 is 0 Å². The van der Waals surface area contributed by atoms with Crippen LogP contribution in [0.25, 0.3) is 0 Å². The van der Waals surface area contributed by atoms with Crippen LogP contribution >= 0.6 is 0 Å². The van der Waals surface area contributed by atoms with Crippen molar-refractivity contribution in [2.75, 3.05) is 0 Å². The lowest BCUT2D eigenvalue weighted by Crippen LogP contribution is -2.17. The number of aromatic nitrogens is 1. The molecule has 0 spiro atoms. The number of nitrogens with zero attached hydrogens (tertiary/aromatic N) is 2. The molecule has 1 aromatic heterocycles. The van der Waals surface area contributed by atoms with E-state index in [1.54, 1.807) is 30.7 Å². The molecule has 0 saturated carbocycles. The highest BCUT2D eigenvalue weighted by Crippen LogP contribution is 2.03. The lowest BCUT2D eigenvalue weighted by Gasteiger charge is -1.98. The number of rotatable bonds is 8. The Morgan fingerprint density at radius 2 is 2.00 bits per heavy atom. The van der Waals surface area contributed by atoms with E-state index in [0.29, 0.717) is 5.56 Å². The molecular weight excluding hydrogens is 226 g/mol. The number of carbonyl (C=O) groups excluding carboxylic acids is 1. The third kappa shape index (κ3) is 6.13. The minimum Gasteiger partial charge on any atom is -0.267 e. The van der Waals surface area contributed by atoms with Crippen molar-refractivity contribution in [1.29, 1.82) is 0 Å². The van der Waals surface area contributed by atoms with Gasteiger partial charge in [-0.1, -0.05) is 32.6 Å². The average Bonchev–Trinajstić information content (AvgIpc) is 2.42. The molecule has 98 valence electrons. The van der Waals surface area contributed by atoms with Crippen molar-refractivity contribution < 1.29 is 4.79 Å². The fraction of sp³-hybridized carbons (Fsp3) is 0.500. The number of hydrogen-bond acceptors (Lipinski definition) is 3. The van der Waals surface area contributed by atoms with Gasteiger partial charge in [0.25, 0.3) is 5.91 Å². The summed E-state index contributed by atoms with van der Waals surface area (Å²) in [5, 5.41) is 3.92. The topological polar surface area (TPSA) is 54.4 Å². The van der Waals surface area contributed by atoms with E-state index in [2.05, 4.69) is 22.4 Å². The largest absolute Gasteiger partial charge is 0.271 e. The molecule has 4 nitrogen and oxygen atoms in total. The molecule has 0 aliphatic rings. The van der Waals surface area contributed by atoms with Crippen LogP contribution in [0.4, 0.5) is 0 Å². The van der Waals surface area contributed by atoms with Gasteiger partial charge >= 0.3 is 0 Å². The smallest absolute Gasteiger partial charge is 0.267 e. The number of hydrazone groups is 1. The summed E-state index contributed by atoms with van der Waals surface area (Å²) in [6.45, 7) is 2.20. The molecule has 1 heterocycles. The zero-order valence-electron chi connectivity index (χ0n) is 10.9. The molecule has 1 N–H and O–H groups in total. The molecule has 0 aliphatic carbocycles. The second-order valence-corrected chi connectivity index (χ2v) is 4.19. The van der Waals surface area contributed by atoms with E-state index in [1.165, 1.54) is 25.7 Å². The van der Waals surface area contributed by atoms with Gasteiger partial charge < -0.3 is 0 Å². The van der Waals surface area contributed by atoms with Gasteiger partial charge in [-0.25, -0.2) is 5.43 Å². The van der Waals surface area contributed by atoms with Gasteiger partial charge in [0.2, 0.25) is 0 Å². The zero-order valence-corrected chi connectivity index (χ0v) is 10.9. The maximum absolute atomic E-state index is 11.6. The quantitative estimate of drug-likeness (QED) is 0.436. The lowest BCUT2D eigenvalue weighted by molar-refractivity contribution is 0.0955. The van der Waals surface area contributed by atoms with Crippen LogP contribution < -0.4 is 5.43 Å². The number of carbonyl (C=O) groups is 1. The molecule has 1 aromatic rings. The first-order chi connectivity index (χ1) is 8.84. The highest BCUT2D eigenvalue weighted by Gasteiger charge is 2.01. The molecule has 0 saturated heterocycles. The molecule has 0 bridgehead atoms. The second kappa shape index (κ2) is 9.33. The van der Waals surface area contributed by atoms with Gasteiger partial charge in [0.1, 0.15) is 0 Å². The molecule has 18 heavy (non-hydrogen) atoms. The summed E-state index contributed by atoms with van der Waals surface area (Å²) in [6, 6.07) is 3.32. The predicted molar refractivity (Wildman–Crippen MR) is 73.6 cm³/mol. The fourth-order valence-electron chi connectivity index (χ4n) is 1.58. The molecule has 1 rings (SSSR count). The first kappa shape index (κ1) is 14.4. The predicted octanol–water partition coefficient (Wildman–Crippen LogP) is 3.16. The summed E-state index contributed by atoms with van der Waals surface area (Å²) < 4.78 is 0. The van der Waals surface area contributed by atoms with Gasteiger partial charge in [-0.05, 0) is 25.0 Å². The third-order valence-electron chi connectivity index (χ3n) is 2.64. The van der Waals surface area contributed by atoms with Crippen LogP contribution in [-0.4, -0.2) is 17.1 Å². The van der Waals surface area contributed by atoms with Crippen LogP contribution in [0.15, 0.2) is 29.6 Å². The summed E-state index contributed by atoms with van der Waals surface area (Å²) >= 11 is 0. The monoisotopic (exact) mass is 247 g/mol. The maximum atomic E-state index is 11.6. The van der Waals surface area contributed by atoms with Gasteiger partial charge in [0, 0.05) is 24.2 Å². The van der Waals surface area contributed by atoms with Crippen LogP contribution in [0.3, 0.4) is 0 Å². The number of hydrogen-bond donors (Lipinski definition) is 1. The molecule has 0 atom stereocenters. The first-order valence-corrected chi connectivity index (χ1v) is 6.56. The van der Waals surface area contributed by atoms with Crippen LogP contribution in [0.2, 0.25) is 0 Å². The minimum atomic E-state index is -0.195. The fourth-order valence-corrected chi connectivity index (χ4v) is 1.58. The van der Waals surface area contributed by atoms with Gasteiger partial charge in [-0.15, -0.1) is 0 Å². The second-order valence-electron chi connectivity index (χ2n) is 4.19. The Balaban J connectivity index is 2.11. The Labute approximate surface area is 109 Å². The lowest BCUT2D eigenvalue weighted by atomic mass is 10.1. The number of amides is 1. The molecule has 0 aliphatic heterocycles. The summed E-state index contributed by atoms with van der Waals surface area (Å²) in [5.74, 6) is -0.195. The summed E-state index contributed by atoms with van der Waals surface area (Å²) in [4.78, 5) is 15.4. The normalized spacial score (nSPS) is 10.7. The number of nitrogens with one attached hydrogen (secondary N) is 1. The molecule has 4 heteroatoms. The highest BCUT2D eigenvalue weighted by atomic mass is 16.2. The summed E-state index contributed by atoms with van der Waals surface area (Å²) in [7, 11) is 0. The van der Waals surface area contributed by atoms with Crippen LogP contribution in [0.5, 0.6) is 0 Å². The average molecular weight is 247 g/mol. The molecule has 0 aromatic carbocycles. The third-order valence-corrected chi connectivity index (χ3v) is 2.64. The summed E-state index contributed by atoms with van der Waals surface area (Å²) in [5.41, 5.74) is 3.08. The Kier molecular flexibility index (Phi) is 7.44. The van der Waals surface area contributed by atoms with E-state index in [1.807, 2.05) is 0 Å². The first-order valence-electron chi connectivity index (χ1n) is 6.56. The highest BCUT2D eigenvalue weighted by molar-refractivity contribution is 5.94. The standard InChI is InChI=1S/C14H21N3O/c1-2-3-4-5-6-7-10-16-17-14(18)13-8-11-15-12-9-13/h8-12H,2-7H2,1H3,(H,17,18). The van der Waals surface area contributed by atoms with Crippen molar-refractivity contribution >= 4 is 12.1 Å². The van der Waals surface area contributed by atoms with E-state index in [9.17, 15) is 4.79 Å². The van der Waals surface area contributed by atoms with Gasteiger partial charge in [-0.3, -0.25) is 9.78 Å². The molecule has 0 fully saturated rings. The van der Waals surface area contributed by atoms with E-state index in [0.717, 1.165) is 12.8 Å². The van der Waals surface area contributed by atoms with E-state index in [4.69, 9.17) is 0 Å². The van der Waals surface area contributed by atoms with Crippen LogP contribution in [0, 0.1) is 0 Å². The van der Waals surface area contributed by atoms with Gasteiger partial charge in [0.05, 0.1) is 0 Å². The van der Waals surface area contributed by atoms with E-state index < -0.39 is 0 Å². The summed E-state index contributed by atoms with van der Waals surface area (Å²) in [6.07, 6.45) is 12.1. The minimum absolute atomic E-state index is 0.195. The maximum Gasteiger partial charge on any atom is 0.271 e. The van der Waals surface area contributed by atoms with Crippen molar-refractivity contribution in [3.05, 3.63) is 30.1 Å². The van der Waals surface area contributed by atoms with Crippen LogP contribution in [0.1, 0.15) is 55.8 Å². The Morgan fingerprint density at radius 3 is 2.72 bits per heavy atom. The zero-order chi connectivity index (χ0) is 13.1. The van der Waals surface area contributed by atoms with E-state index in [-0.39, 0.29) is 5.91 Å². The number of pyridine rings is 1. The van der Waals surface area contributed by atoms with Crippen molar-refractivity contribution in [2.24, 2.45) is 5.10 Å². The Morgan fingerprint density at radius 1 is 1.28 bits per heavy atom. The van der Waals surface area contributed by atoms with Crippen molar-refractivity contribution in [3.8, 4) is 0 Å².